The Bertz CT molecular complexity index is 421. The number of hydrogen-bond donors (Lipinski definition) is 1. The Morgan fingerprint density at radius 2 is 2.15 bits per heavy atom. The third-order valence-electron chi connectivity index (χ3n) is 4.06. The molecule has 20 heavy (non-hydrogen) atoms. The van der Waals surface area contributed by atoms with Crippen LogP contribution in [-0.2, 0) is 0 Å². The number of rotatable bonds is 7. The predicted octanol–water partition coefficient (Wildman–Crippen LogP) is 2.54. The lowest BCUT2D eigenvalue weighted by Crippen LogP contribution is -2.37. The van der Waals surface area contributed by atoms with Crippen molar-refractivity contribution in [3.8, 4) is 0 Å². The van der Waals surface area contributed by atoms with Crippen molar-refractivity contribution in [1.82, 2.24) is 9.80 Å². The molecule has 1 unspecified atom stereocenters. The van der Waals surface area contributed by atoms with E-state index in [2.05, 4.69) is 45.5 Å². The van der Waals surface area contributed by atoms with Gasteiger partial charge in [-0.2, -0.15) is 11.3 Å². The van der Waals surface area contributed by atoms with Crippen molar-refractivity contribution in [3.63, 3.8) is 0 Å². The molecule has 0 aliphatic heterocycles. The first-order valence-electron chi connectivity index (χ1n) is 7.46. The lowest BCUT2D eigenvalue weighted by Gasteiger charge is -2.28. The number of nitrogens with two attached hydrogens (primary N) is 1. The molecule has 0 amide bonds. The molecule has 4 nitrogen and oxygen atoms in total. The van der Waals surface area contributed by atoms with Gasteiger partial charge in [-0.25, -0.2) is 0 Å². The molecule has 0 radical (unpaired) electrons. The van der Waals surface area contributed by atoms with E-state index in [4.69, 9.17) is 5.73 Å². The number of guanidine groups is 1. The smallest absolute Gasteiger partial charge is 0.191 e. The standard InChI is InChI=1S/C15H26N4S/c1-4-19(5-2)14(12-8-9-20-11-12)10-17-15(16)18(3)13-6-7-13/h8-9,11,13-14H,4-7,10H2,1-3H3,(H2,16,17). The second-order valence-corrected chi connectivity index (χ2v) is 6.11. The highest BCUT2D eigenvalue weighted by molar-refractivity contribution is 7.07. The van der Waals surface area contributed by atoms with Crippen molar-refractivity contribution in [1.29, 1.82) is 0 Å². The fourth-order valence-corrected chi connectivity index (χ4v) is 3.21. The molecule has 0 spiro atoms. The Balaban J connectivity index is 2.05. The van der Waals surface area contributed by atoms with E-state index in [0.29, 0.717) is 18.0 Å². The molecule has 1 aromatic rings. The predicted molar refractivity (Wildman–Crippen MR) is 87.3 cm³/mol. The summed E-state index contributed by atoms with van der Waals surface area (Å²) < 4.78 is 0. The summed E-state index contributed by atoms with van der Waals surface area (Å²) in [5.74, 6) is 0.680. The monoisotopic (exact) mass is 294 g/mol. The SMILES string of the molecule is CCN(CC)C(CN=C(N)N(C)C1CC1)c1ccsc1. The second-order valence-electron chi connectivity index (χ2n) is 5.33. The molecule has 1 saturated carbocycles. The van der Waals surface area contributed by atoms with Gasteiger partial charge in [0.25, 0.3) is 0 Å². The van der Waals surface area contributed by atoms with E-state index in [9.17, 15) is 0 Å². The largest absolute Gasteiger partial charge is 0.370 e. The van der Waals surface area contributed by atoms with Crippen LogP contribution in [0, 0.1) is 0 Å². The molecule has 1 heterocycles. The summed E-state index contributed by atoms with van der Waals surface area (Å²) in [6, 6.07) is 3.15. The van der Waals surface area contributed by atoms with Crippen molar-refractivity contribution < 1.29 is 0 Å². The third kappa shape index (κ3) is 3.73. The summed E-state index contributed by atoms with van der Waals surface area (Å²) >= 11 is 1.74. The Morgan fingerprint density at radius 3 is 2.65 bits per heavy atom. The molecule has 1 fully saturated rings. The Morgan fingerprint density at radius 1 is 1.45 bits per heavy atom. The highest BCUT2D eigenvalue weighted by atomic mass is 32.1. The fraction of sp³-hybridized carbons (Fsp3) is 0.667. The van der Waals surface area contributed by atoms with E-state index in [1.807, 2.05) is 7.05 Å². The van der Waals surface area contributed by atoms with Gasteiger partial charge in [-0.05, 0) is 48.3 Å². The summed E-state index contributed by atoms with van der Waals surface area (Å²) in [6.07, 6.45) is 2.49. The van der Waals surface area contributed by atoms with Crippen LogP contribution in [0.25, 0.3) is 0 Å². The van der Waals surface area contributed by atoms with Gasteiger partial charge in [-0.3, -0.25) is 9.89 Å². The maximum absolute atomic E-state index is 6.10. The number of aliphatic imine (C=N–C) groups is 1. The first-order valence-corrected chi connectivity index (χ1v) is 8.40. The van der Waals surface area contributed by atoms with E-state index >= 15 is 0 Å². The minimum absolute atomic E-state index is 0.336. The zero-order valence-corrected chi connectivity index (χ0v) is 13.6. The number of nitrogens with zero attached hydrogens (tertiary/aromatic N) is 3. The van der Waals surface area contributed by atoms with Crippen LogP contribution in [0.2, 0.25) is 0 Å². The van der Waals surface area contributed by atoms with Gasteiger partial charge in [0.15, 0.2) is 5.96 Å². The Hall–Kier alpha value is -1.07. The molecule has 1 aromatic heterocycles. The van der Waals surface area contributed by atoms with E-state index in [0.717, 1.165) is 19.6 Å². The third-order valence-corrected chi connectivity index (χ3v) is 4.76. The van der Waals surface area contributed by atoms with Gasteiger partial charge in [-0.15, -0.1) is 0 Å². The Kier molecular flexibility index (Phi) is 5.43. The van der Waals surface area contributed by atoms with Gasteiger partial charge < -0.3 is 10.6 Å². The molecule has 1 aliphatic rings. The molecule has 2 rings (SSSR count). The van der Waals surface area contributed by atoms with Gasteiger partial charge in [-0.1, -0.05) is 13.8 Å². The lowest BCUT2D eigenvalue weighted by molar-refractivity contribution is 0.224. The van der Waals surface area contributed by atoms with Crippen LogP contribution in [0.1, 0.15) is 38.3 Å². The summed E-state index contributed by atoms with van der Waals surface area (Å²) in [7, 11) is 2.05. The van der Waals surface area contributed by atoms with Crippen molar-refractivity contribution >= 4 is 17.3 Å². The summed E-state index contributed by atoms with van der Waals surface area (Å²) in [6.45, 7) is 7.20. The van der Waals surface area contributed by atoms with E-state index in [1.54, 1.807) is 11.3 Å². The number of thiophene rings is 1. The normalized spacial score (nSPS) is 17.5. The van der Waals surface area contributed by atoms with Crippen molar-refractivity contribution in [2.24, 2.45) is 10.7 Å². The number of likely N-dealkylation sites (N-methyl/N-ethyl adjacent to an activating group) is 1. The van der Waals surface area contributed by atoms with E-state index in [1.165, 1.54) is 18.4 Å². The van der Waals surface area contributed by atoms with E-state index < -0.39 is 0 Å². The lowest BCUT2D eigenvalue weighted by atomic mass is 10.1. The Labute approximate surface area is 126 Å². The van der Waals surface area contributed by atoms with Gasteiger partial charge in [0.1, 0.15) is 0 Å². The summed E-state index contributed by atoms with van der Waals surface area (Å²) in [5.41, 5.74) is 7.45. The van der Waals surface area contributed by atoms with Crippen LogP contribution in [0.3, 0.4) is 0 Å². The molecule has 0 aromatic carbocycles. The molecule has 112 valence electrons. The topological polar surface area (TPSA) is 44.9 Å². The molecule has 0 bridgehead atoms. The number of hydrogen-bond acceptors (Lipinski definition) is 3. The fourth-order valence-electron chi connectivity index (χ4n) is 2.50. The highest BCUT2D eigenvalue weighted by Crippen LogP contribution is 2.26. The highest BCUT2D eigenvalue weighted by Gasteiger charge is 2.27. The average molecular weight is 294 g/mol. The maximum Gasteiger partial charge on any atom is 0.191 e. The molecule has 2 N–H and O–H groups in total. The van der Waals surface area contributed by atoms with Crippen LogP contribution in [0.4, 0.5) is 0 Å². The average Bonchev–Trinajstić information content (AvgIpc) is 3.18. The molecule has 1 atom stereocenters. The van der Waals surface area contributed by atoms with Crippen molar-refractivity contribution in [2.75, 3.05) is 26.7 Å². The van der Waals surface area contributed by atoms with Crippen LogP contribution < -0.4 is 5.73 Å². The minimum atomic E-state index is 0.336. The van der Waals surface area contributed by atoms with Crippen LogP contribution in [0.15, 0.2) is 21.8 Å². The molecule has 5 heteroatoms. The molecule has 1 aliphatic carbocycles. The summed E-state index contributed by atoms with van der Waals surface area (Å²) in [5, 5.41) is 4.36. The summed E-state index contributed by atoms with van der Waals surface area (Å²) in [4.78, 5) is 9.20. The first kappa shape index (κ1) is 15.3. The van der Waals surface area contributed by atoms with Gasteiger partial charge >= 0.3 is 0 Å². The van der Waals surface area contributed by atoms with E-state index in [-0.39, 0.29) is 0 Å². The maximum atomic E-state index is 6.10. The van der Waals surface area contributed by atoms with Gasteiger partial charge in [0.05, 0.1) is 12.6 Å². The first-order chi connectivity index (χ1) is 9.67. The minimum Gasteiger partial charge on any atom is -0.370 e. The van der Waals surface area contributed by atoms with Crippen LogP contribution in [0.5, 0.6) is 0 Å². The van der Waals surface area contributed by atoms with Gasteiger partial charge in [0.2, 0.25) is 0 Å². The van der Waals surface area contributed by atoms with Gasteiger partial charge in [0, 0.05) is 13.1 Å². The van der Waals surface area contributed by atoms with Crippen molar-refractivity contribution in [2.45, 2.75) is 38.8 Å². The second kappa shape index (κ2) is 7.09. The molecule has 0 saturated heterocycles. The quantitative estimate of drug-likeness (QED) is 0.621. The van der Waals surface area contributed by atoms with Crippen LogP contribution in [-0.4, -0.2) is 48.5 Å². The van der Waals surface area contributed by atoms with Crippen LogP contribution >= 0.6 is 11.3 Å². The molecular formula is C15H26N4S. The molecular weight excluding hydrogens is 268 g/mol. The zero-order chi connectivity index (χ0) is 14.5. The zero-order valence-electron chi connectivity index (χ0n) is 12.7. The van der Waals surface area contributed by atoms with Crippen molar-refractivity contribution in [3.05, 3.63) is 22.4 Å².